The van der Waals surface area contributed by atoms with Crippen LogP contribution < -0.4 is 5.32 Å². The molecule has 0 atom stereocenters. The maximum Gasteiger partial charge on any atom is 0.256 e. The zero-order valence-electron chi connectivity index (χ0n) is 16.8. The van der Waals surface area contributed by atoms with Crippen LogP contribution in [0.4, 0.5) is 5.69 Å². The summed E-state index contributed by atoms with van der Waals surface area (Å²) in [7, 11) is 0. The van der Waals surface area contributed by atoms with Crippen LogP contribution in [0.2, 0.25) is 0 Å². The molecular formula is C28H20N2O. The van der Waals surface area contributed by atoms with Crippen molar-refractivity contribution in [1.29, 1.82) is 0 Å². The summed E-state index contributed by atoms with van der Waals surface area (Å²) in [6.45, 7) is 0. The van der Waals surface area contributed by atoms with E-state index in [0.717, 1.165) is 33.2 Å². The molecule has 1 heterocycles. The number of para-hydroxylation sites is 1. The zero-order valence-corrected chi connectivity index (χ0v) is 16.8. The molecule has 0 bridgehead atoms. The van der Waals surface area contributed by atoms with Crippen LogP contribution in [0.25, 0.3) is 33.2 Å². The van der Waals surface area contributed by atoms with Crippen LogP contribution in [0.5, 0.6) is 0 Å². The number of aromatic nitrogens is 1. The van der Waals surface area contributed by atoms with Crippen molar-refractivity contribution >= 4 is 22.5 Å². The number of nitrogens with zero attached hydrogens (tertiary/aromatic N) is 1. The Hall–Kier alpha value is -4.24. The molecule has 0 saturated carbocycles. The van der Waals surface area contributed by atoms with E-state index in [2.05, 4.69) is 10.3 Å². The second-order valence-electron chi connectivity index (χ2n) is 7.30. The second-order valence-corrected chi connectivity index (χ2v) is 7.30. The lowest BCUT2D eigenvalue weighted by atomic mass is 9.91. The number of benzene rings is 4. The largest absolute Gasteiger partial charge is 0.320 e. The van der Waals surface area contributed by atoms with Crippen molar-refractivity contribution in [3.05, 3.63) is 121 Å². The molecule has 1 amide bonds. The van der Waals surface area contributed by atoms with E-state index in [1.165, 1.54) is 0 Å². The first-order valence-corrected chi connectivity index (χ1v) is 10.2. The number of anilines is 1. The lowest BCUT2D eigenvalue weighted by Crippen LogP contribution is -2.15. The van der Waals surface area contributed by atoms with Gasteiger partial charge in [0.05, 0.1) is 16.8 Å². The molecule has 148 valence electrons. The van der Waals surface area contributed by atoms with E-state index in [1.807, 2.05) is 109 Å². The Kier molecular flexibility index (Phi) is 4.99. The highest BCUT2D eigenvalue weighted by Crippen LogP contribution is 2.33. The third-order valence-corrected chi connectivity index (χ3v) is 5.34. The monoisotopic (exact) mass is 400 g/mol. The van der Waals surface area contributed by atoms with Gasteiger partial charge in [0.2, 0.25) is 0 Å². The summed E-state index contributed by atoms with van der Waals surface area (Å²) >= 11 is 0. The first-order valence-electron chi connectivity index (χ1n) is 10.2. The molecule has 0 radical (unpaired) electrons. The molecule has 5 rings (SSSR count). The van der Waals surface area contributed by atoms with E-state index in [0.29, 0.717) is 11.3 Å². The van der Waals surface area contributed by atoms with E-state index in [-0.39, 0.29) is 5.91 Å². The van der Waals surface area contributed by atoms with Crippen LogP contribution in [0, 0.1) is 0 Å². The van der Waals surface area contributed by atoms with Crippen LogP contribution >= 0.6 is 0 Å². The molecule has 1 N–H and O–H groups in total. The molecule has 5 aromatic rings. The summed E-state index contributed by atoms with van der Waals surface area (Å²) in [6.07, 6.45) is 1.74. The van der Waals surface area contributed by atoms with Crippen molar-refractivity contribution < 1.29 is 4.79 Å². The fourth-order valence-electron chi connectivity index (χ4n) is 3.90. The number of carbonyl (C=O) groups is 1. The highest BCUT2D eigenvalue weighted by atomic mass is 16.1. The molecule has 0 unspecified atom stereocenters. The summed E-state index contributed by atoms with van der Waals surface area (Å²) in [4.78, 5) is 18.2. The quantitative estimate of drug-likeness (QED) is 0.360. The zero-order chi connectivity index (χ0) is 21.0. The molecule has 4 aromatic carbocycles. The predicted octanol–water partition coefficient (Wildman–Crippen LogP) is 6.82. The van der Waals surface area contributed by atoms with Gasteiger partial charge >= 0.3 is 0 Å². The average molecular weight is 400 g/mol. The SMILES string of the molecule is O=C(Nc1cccc2cccnc12)c1c(-c2ccccc2)cccc1-c1ccccc1. The Labute approximate surface area is 181 Å². The molecule has 0 aliphatic heterocycles. The molecule has 0 spiro atoms. The molecule has 3 heteroatoms. The number of pyridine rings is 1. The Balaban J connectivity index is 1.67. The number of amides is 1. The fraction of sp³-hybridized carbons (Fsp3) is 0. The molecule has 1 aromatic heterocycles. The number of carbonyl (C=O) groups excluding carboxylic acids is 1. The lowest BCUT2D eigenvalue weighted by Gasteiger charge is -2.16. The predicted molar refractivity (Wildman–Crippen MR) is 127 cm³/mol. The highest BCUT2D eigenvalue weighted by molar-refractivity contribution is 6.15. The van der Waals surface area contributed by atoms with Gasteiger partial charge in [-0.15, -0.1) is 0 Å². The van der Waals surface area contributed by atoms with E-state index in [1.54, 1.807) is 6.20 Å². The molecular weight excluding hydrogens is 380 g/mol. The molecule has 31 heavy (non-hydrogen) atoms. The molecule has 0 saturated heterocycles. The number of hydrogen-bond acceptors (Lipinski definition) is 2. The number of hydrogen-bond donors (Lipinski definition) is 1. The van der Waals surface area contributed by atoms with Crippen molar-refractivity contribution in [2.75, 3.05) is 5.32 Å². The maximum absolute atomic E-state index is 13.7. The van der Waals surface area contributed by atoms with E-state index in [9.17, 15) is 4.79 Å². The Morgan fingerprint density at radius 2 is 1.19 bits per heavy atom. The summed E-state index contributed by atoms with van der Waals surface area (Å²) in [5.74, 6) is -0.156. The standard InChI is InChI=1S/C28H20N2O/c31-28(30-25-18-7-14-22-15-9-19-29-27(22)25)26-23(20-10-3-1-4-11-20)16-8-17-24(26)21-12-5-2-6-13-21/h1-19H,(H,30,31). The van der Waals surface area contributed by atoms with Gasteiger partial charge in [-0.2, -0.15) is 0 Å². The summed E-state index contributed by atoms with van der Waals surface area (Å²) in [6, 6.07) is 35.7. The third kappa shape index (κ3) is 3.69. The van der Waals surface area contributed by atoms with Gasteiger partial charge in [0.25, 0.3) is 5.91 Å². The second kappa shape index (κ2) is 8.25. The minimum absolute atomic E-state index is 0.156. The minimum Gasteiger partial charge on any atom is -0.320 e. The summed E-state index contributed by atoms with van der Waals surface area (Å²) < 4.78 is 0. The van der Waals surface area contributed by atoms with Gasteiger partial charge in [-0.05, 0) is 34.4 Å². The first-order chi connectivity index (χ1) is 15.3. The average Bonchev–Trinajstić information content (AvgIpc) is 2.85. The highest BCUT2D eigenvalue weighted by Gasteiger charge is 2.19. The lowest BCUT2D eigenvalue weighted by molar-refractivity contribution is 0.102. The van der Waals surface area contributed by atoms with Gasteiger partial charge in [0, 0.05) is 11.6 Å². The Bertz CT molecular complexity index is 1300. The van der Waals surface area contributed by atoms with Crippen LogP contribution in [0.1, 0.15) is 10.4 Å². The van der Waals surface area contributed by atoms with Gasteiger partial charge in [-0.1, -0.05) is 97.1 Å². The van der Waals surface area contributed by atoms with E-state index >= 15 is 0 Å². The third-order valence-electron chi connectivity index (χ3n) is 5.34. The molecule has 0 aliphatic rings. The van der Waals surface area contributed by atoms with Crippen LogP contribution in [0.3, 0.4) is 0 Å². The fourth-order valence-corrected chi connectivity index (χ4v) is 3.90. The van der Waals surface area contributed by atoms with Gasteiger partial charge in [0.15, 0.2) is 0 Å². The van der Waals surface area contributed by atoms with Gasteiger partial charge < -0.3 is 5.32 Å². The van der Waals surface area contributed by atoms with E-state index < -0.39 is 0 Å². The molecule has 0 aliphatic carbocycles. The van der Waals surface area contributed by atoms with Gasteiger partial charge in [-0.25, -0.2) is 0 Å². The Morgan fingerprint density at radius 1 is 0.613 bits per heavy atom. The van der Waals surface area contributed by atoms with Gasteiger partial charge in [0.1, 0.15) is 0 Å². The Morgan fingerprint density at radius 3 is 1.84 bits per heavy atom. The van der Waals surface area contributed by atoms with Crippen molar-refractivity contribution in [2.24, 2.45) is 0 Å². The molecule has 3 nitrogen and oxygen atoms in total. The van der Waals surface area contributed by atoms with Crippen molar-refractivity contribution in [3.8, 4) is 22.3 Å². The van der Waals surface area contributed by atoms with E-state index in [4.69, 9.17) is 0 Å². The first kappa shape index (κ1) is 18.8. The summed E-state index contributed by atoms with van der Waals surface area (Å²) in [5.41, 5.74) is 5.91. The summed E-state index contributed by atoms with van der Waals surface area (Å²) in [5, 5.41) is 4.11. The van der Waals surface area contributed by atoms with Crippen molar-refractivity contribution in [3.63, 3.8) is 0 Å². The normalized spacial score (nSPS) is 10.7. The van der Waals surface area contributed by atoms with Crippen LogP contribution in [-0.2, 0) is 0 Å². The molecule has 0 fully saturated rings. The minimum atomic E-state index is -0.156. The maximum atomic E-state index is 13.7. The number of rotatable bonds is 4. The van der Waals surface area contributed by atoms with Crippen molar-refractivity contribution in [2.45, 2.75) is 0 Å². The smallest absolute Gasteiger partial charge is 0.256 e. The number of nitrogens with one attached hydrogen (secondary N) is 1. The van der Waals surface area contributed by atoms with Crippen LogP contribution in [0.15, 0.2) is 115 Å². The number of fused-ring (bicyclic) bond motifs is 1. The topological polar surface area (TPSA) is 42.0 Å². The van der Waals surface area contributed by atoms with Crippen molar-refractivity contribution in [1.82, 2.24) is 4.98 Å². The van der Waals surface area contributed by atoms with Gasteiger partial charge in [-0.3, -0.25) is 9.78 Å². The van der Waals surface area contributed by atoms with Crippen LogP contribution in [-0.4, -0.2) is 10.9 Å².